The van der Waals surface area contributed by atoms with Gasteiger partial charge in [-0.15, -0.1) is 0 Å². The first-order valence-electron chi connectivity index (χ1n) is 4.92. The first-order valence-corrected chi connectivity index (χ1v) is 6.40. The smallest absolute Gasteiger partial charge is 0.305 e. The van der Waals surface area contributed by atoms with Gasteiger partial charge in [-0.1, -0.05) is 30.3 Å². The third-order valence-electron chi connectivity index (χ3n) is 2.15. The first-order chi connectivity index (χ1) is 7.94. The second kappa shape index (κ2) is 5.76. The van der Waals surface area contributed by atoms with E-state index in [0.29, 0.717) is 5.56 Å². The summed E-state index contributed by atoms with van der Waals surface area (Å²) in [5, 5.41) is 8.76. The molecule has 0 aromatic heterocycles. The minimum absolute atomic E-state index is 0.315. The fourth-order valence-corrected chi connectivity index (χ4v) is 2.05. The van der Waals surface area contributed by atoms with Crippen LogP contribution in [0.3, 0.4) is 0 Å². The second-order valence-corrected chi connectivity index (χ2v) is 5.04. The van der Waals surface area contributed by atoms with Gasteiger partial charge in [-0.3, -0.25) is 4.79 Å². The number of carboxylic acid groups (broad SMARTS) is 1. The van der Waals surface area contributed by atoms with Crippen molar-refractivity contribution in [1.29, 1.82) is 0 Å². The number of nitrogens with one attached hydrogen (secondary N) is 2. The number of carboxylic acids is 1. The fraction of sp³-hybridized carbons (Fsp3) is 0.300. The molecule has 0 saturated carbocycles. The van der Waals surface area contributed by atoms with Gasteiger partial charge in [0.05, 0.1) is 12.5 Å². The lowest BCUT2D eigenvalue weighted by Crippen LogP contribution is -2.37. The molecule has 1 rings (SSSR count). The van der Waals surface area contributed by atoms with E-state index in [-0.39, 0.29) is 6.42 Å². The monoisotopic (exact) mass is 258 g/mol. The van der Waals surface area contributed by atoms with Crippen LogP contribution in [0.5, 0.6) is 0 Å². The summed E-state index contributed by atoms with van der Waals surface area (Å²) in [7, 11) is -2.42. The Morgan fingerprint density at radius 2 is 1.94 bits per heavy atom. The molecular weight excluding hydrogens is 244 g/mol. The van der Waals surface area contributed by atoms with Crippen LogP contribution in [0, 0.1) is 0 Å². The molecule has 94 valence electrons. The van der Waals surface area contributed by atoms with E-state index in [1.165, 1.54) is 7.05 Å². The number of rotatable bonds is 6. The Labute approximate surface area is 99.8 Å². The molecule has 0 radical (unpaired) electrons. The Morgan fingerprint density at radius 1 is 1.35 bits per heavy atom. The molecule has 6 nitrogen and oxygen atoms in total. The van der Waals surface area contributed by atoms with Crippen LogP contribution in [-0.2, 0) is 15.0 Å². The average molecular weight is 258 g/mol. The van der Waals surface area contributed by atoms with Gasteiger partial charge in [0.2, 0.25) is 0 Å². The summed E-state index contributed by atoms with van der Waals surface area (Å²) in [4.78, 5) is 10.7. The quantitative estimate of drug-likeness (QED) is 0.682. The Bertz CT molecular complexity index is 472. The number of benzene rings is 1. The lowest BCUT2D eigenvalue weighted by molar-refractivity contribution is -0.137. The summed E-state index contributed by atoms with van der Waals surface area (Å²) in [6, 6.07) is 7.77. The Balaban J connectivity index is 2.93. The molecule has 0 bridgehead atoms. The van der Waals surface area contributed by atoms with Crippen molar-refractivity contribution < 1.29 is 18.3 Å². The average Bonchev–Trinajstić information content (AvgIpc) is 2.28. The predicted octanol–water partition coefficient (Wildman–Crippen LogP) is 0.256. The van der Waals surface area contributed by atoms with E-state index in [1.807, 2.05) is 0 Å². The summed E-state index contributed by atoms with van der Waals surface area (Å²) in [5.41, 5.74) is 0.605. The van der Waals surface area contributed by atoms with Crippen molar-refractivity contribution in [3.8, 4) is 0 Å². The van der Waals surface area contributed by atoms with Gasteiger partial charge >= 0.3 is 5.97 Å². The van der Waals surface area contributed by atoms with Gasteiger partial charge in [0.25, 0.3) is 10.2 Å². The highest BCUT2D eigenvalue weighted by Crippen LogP contribution is 2.17. The zero-order chi connectivity index (χ0) is 12.9. The maximum Gasteiger partial charge on any atom is 0.305 e. The Morgan fingerprint density at radius 3 is 2.41 bits per heavy atom. The molecule has 1 unspecified atom stereocenters. The highest BCUT2D eigenvalue weighted by atomic mass is 32.2. The summed E-state index contributed by atoms with van der Waals surface area (Å²) < 4.78 is 27.1. The molecule has 7 heteroatoms. The van der Waals surface area contributed by atoms with E-state index in [1.54, 1.807) is 30.3 Å². The lowest BCUT2D eigenvalue weighted by atomic mass is 10.1. The standard InChI is InChI=1S/C10H14N2O4S/c1-11-17(15,16)12-9(7-10(13)14)8-5-3-2-4-6-8/h2-6,9,11-12H,7H2,1H3,(H,13,14). The van der Waals surface area contributed by atoms with Gasteiger partial charge in [0.1, 0.15) is 0 Å². The lowest BCUT2D eigenvalue weighted by Gasteiger charge is -2.16. The van der Waals surface area contributed by atoms with E-state index >= 15 is 0 Å². The Hall–Kier alpha value is -1.44. The van der Waals surface area contributed by atoms with Crippen molar-refractivity contribution in [2.75, 3.05) is 7.05 Å². The van der Waals surface area contributed by atoms with Crippen molar-refractivity contribution in [3.05, 3.63) is 35.9 Å². The normalized spacial score (nSPS) is 13.2. The Kier molecular flexibility index (Phi) is 4.62. The molecular formula is C10H14N2O4S. The van der Waals surface area contributed by atoms with E-state index in [4.69, 9.17) is 5.11 Å². The summed E-state index contributed by atoms with van der Waals surface area (Å²) in [6.07, 6.45) is -0.315. The van der Waals surface area contributed by atoms with Gasteiger partial charge in [-0.2, -0.15) is 13.1 Å². The number of hydrogen-bond donors (Lipinski definition) is 3. The van der Waals surface area contributed by atoms with E-state index < -0.39 is 22.2 Å². The molecule has 1 aromatic carbocycles. The number of hydrogen-bond acceptors (Lipinski definition) is 3. The van der Waals surface area contributed by atoms with Crippen LogP contribution < -0.4 is 9.44 Å². The first kappa shape index (κ1) is 13.6. The largest absolute Gasteiger partial charge is 0.481 e. The van der Waals surface area contributed by atoms with Crippen molar-refractivity contribution in [2.24, 2.45) is 0 Å². The van der Waals surface area contributed by atoms with Crippen LogP contribution in [0.1, 0.15) is 18.0 Å². The molecule has 1 aromatic rings. The molecule has 17 heavy (non-hydrogen) atoms. The summed E-state index contributed by atoms with van der Waals surface area (Å²) >= 11 is 0. The van der Waals surface area contributed by atoms with Gasteiger partial charge in [0, 0.05) is 7.05 Å². The van der Waals surface area contributed by atoms with Gasteiger partial charge < -0.3 is 5.11 Å². The zero-order valence-corrected chi connectivity index (χ0v) is 10.1. The highest BCUT2D eigenvalue weighted by Gasteiger charge is 2.20. The molecule has 1 atom stereocenters. The third-order valence-corrected chi connectivity index (χ3v) is 3.28. The predicted molar refractivity (Wildman–Crippen MR) is 62.6 cm³/mol. The maximum atomic E-state index is 11.3. The van der Waals surface area contributed by atoms with Crippen molar-refractivity contribution in [3.63, 3.8) is 0 Å². The molecule has 0 spiro atoms. The summed E-state index contributed by atoms with van der Waals surface area (Å²) in [5.74, 6) is -1.07. The topological polar surface area (TPSA) is 95.5 Å². The van der Waals surface area contributed by atoms with Crippen molar-refractivity contribution in [1.82, 2.24) is 9.44 Å². The molecule has 0 amide bonds. The summed E-state index contributed by atoms with van der Waals surface area (Å²) in [6.45, 7) is 0. The van der Waals surface area contributed by atoms with E-state index in [0.717, 1.165) is 0 Å². The van der Waals surface area contributed by atoms with Gasteiger partial charge in [-0.25, -0.2) is 4.72 Å². The molecule has 0 heterocycles. The number of carbonyl (C=O) groups is 1. The van der Waals surface area contributed by atoms with Crippen LogP contribution in [0.4, 0.5) is 0 Å². The highest BCUT2D eigenvalue weighted by molar-refractivity contribution is 7.87. The van der Waals surface area contributed by atoms with Crippen molar-refractivity contribution >= 4 is 16.2 Å². The molecule has 0 saturated heterocycles. The second-order valence-electron chi connectivity index (χ2n) is 3.39. The fourth-order valence-electron chi connectivity index (χ4n) is 1.33. The van der Waals surface area contributed by atoms with Gasteiger partial charge in [-0.05, 0) is 5.56 Å². The molecule has 0 aliphatic carbocycles. The molecule has 0 aliphatic rings. The van der Waals surface area contributed by atoms with Gasteiger partial charge in [0.15, 0.2) is 0 Å². The van der Waals surface area contributed by atoms with Crippen LogP contribution in [0.2, 0.25) is 0 Å². The minimum Gasteiger partial charge on any atom is -0.481 e. The zero-order valence-electron chi connectivity index (χ0n) is 9.25. The molecule has 0 aliphatic heterocycles. The third kappa shape index (κ3) is 4.51. The van der Waals surface area contributed by atoms with Crippen LogP contribution in [0.25, 0.3) is 0 Å². The van der Waals surface area contributed by atoms with Crippen LogP contribution in [-0.4, -0.2) is 26.5 Å². The van der Waals surface area contributed by atoms with E-state index in [9.17, 15) is 13.2 Å². The molecule has 0 fully saturated rings. The van der Waals surface area contributed by atoms with Crippen molar-refractivity contribution in [2.45, 2.75) is 12.5 Å². The van der Waals surface area contributed by atoms with Crippen LogP contribution >= 0.6 is 0 Å². The SMILES string of the molecule is CNS(=O)(=O)NC(CC(=O)O)c1ccccc1. The van der Waals surface area contributed by atoms with E-state index in [2.05, 4.69) is 9.44 Å². The molecule has 3 N–H and O–H groups in total. The van der Waals surface area contributed by atoms with Crippen LogP contribution in [0.15, 0.2) is 30.3 Å². The number of aliphatic carboxylic acids is 1. The maximum absolute atomic E-state index is 11.3. The minimum atomic E-state index is -3.68.